The standard InChI is InChI=1S/C23H32N6O/c1-15(2)29-10-9-28(13-16(29)3)21-12-20(26-14-27-21)22(25)18-11-17(5-6-19(18)24)30-23(4)7-8-23/h5-6,11-12,14-16,25H,7-10,13,24H2,1-4H3/p+1/t16-/m1/s1. The van der Waals surface area contributed by atoms with Gasteiger partial charge in [0.15, 0.2) is 0 Å². The predicted octanol–water partition coefficient (Wildman–Crippen LogP) is 1.51. The number of nitrogen functional groups attached to an aromatic ring is 1. The molecule has 2 heterocycles. The van der Waals surface area contributed by atoms with Gasteiger partial charge in [0, 0.05) is 43.5 Å². The third kappa shape index (κ3) is 4.26. The molecule has 1 saturated carbocycles. The van der Waals surface area contributed by atoms with Gasteiger partial charge in [0.05, 0.1) is 5.56 Å². The number of aromatic nitrogens is 2. The third-order valence-electron chi connectivity index (χ3n) is 6.23. The smallest absolute Gasteiger partial charge is 0.232 e. The highest BCUT2D eigenvalue weighted by Gasteiger charge is 2.40. The summed E-state index contributed by atoms with van der Waals surface area (Å²) in [6.07, 6.45) is 3.73. The van der Waals surface area contributed by atoms with Crippen molar-refractivity contribution in [3.05, 3.63) is 41.9 Å². The summed E-state index contributed by atoms with van der Waals surface area (Å²) >= 11 is 0. The van der Waals surface area contributed by atoms with E-state index in [2.05, 4.69) is 47.5 Å². The number of hydrogen-bond acceptors (Lipinski definition) is 6. The van der Waals surface area contributed by atoms with Crippen molar-refractivity contribution in [3.63, 3.8) is 0 Å². The average Bonchev–Trinajstić information content (AvgIpc) is 3.45. The van der Waals surface area contributed by atoms with E-state index in [0.717, 1.165) is 49.6 Å². The Hall–Kier alpha value is -2.67. The van der Waals surface area contributed by atoms with Gasteiger partial charge in [0.25, 0.3) is 0 Å². The first-order valence-corrected chi connectivity index (χ1v) is 10.8. The van der Waals surface area contributed by atoms with E-state index in [-0.39, 0.29) is 5.60 Å². The molecule has 30 heavy (non-hydrogen) atoms. The quantitative estimate of drug-likeness (QED) is 0.555. The Labute approximate surface area is 178 Å². The Morgan fingerprint density at radius 2 is 2.00 bits per heavy atom. The van der Waals surface area contributed by atoms with Gasteiger partial charge < -0.3 is 15.4 Å². The SMILES string of the molecule is CC(C)N1CCN(c2cc(C(=[NH2+])c3cc(OC4(C)CC4)ccc3N)ncn2)C[C@H]1C. The number of ether oxygens (including phenoxy) is 1. The molecule has 0 spiro atoms. The molecule has 2 fully saturated rings. The summed E-state index contributed by atoms with van der Waals surface area (Å²) < 4.78 is 6.08. The average molecular weight is 410 g/mol. The van der Waals surface area contributed by atoms with Crippen LogP contribution in [-0.4, -0.2) is 57.9 Å². The summed E-state index contributed by atoms with van der Waals surface area (Å²) in [5.74, 6) is 1.68. The lowest BCUT2D eigenvalue weighted by atomic mass is 10.0. The molecule has 0 radical (unpaired) electrons. The maximum absolute atomic E-state index is 6.52. The molecule has 1 aliphatic heterocycles. The summed E-state index contributed by atoms with van der Waals surface area (Å²) in [5.41, 5.74) is 8.76. The van der Waals surface area contributed by atoms with Crippen molar-refractivity contribution in [2.45, 2.75) is 58.2 Å². The van der Waals surface area contributed by atoms with E-state index in [1.807, 2.05) is 24.3 Å². The van der Waals surface area contributed by atoms with Crippen LogP contribution in [0.3, 0.4) is 0 Å². The lowest BCUT2D eigenvalue weighted by molar-refractivity contribution is -0.111. The number of piperazine rings is 1. The zero-order valence-electron chi connectivity index (χ0n) is 18.4. The molecule has 2 aromatic rings. The fourth-order valence-corrected chi connectivity index (χ4v) is 4.15. The van der Waals surface area contributed by atoms with Crippen LogP contribution in [0.1, 0.15) is 51.8 Å². The molecule has 160 valence electrons. The third-order valence-corrected chi connectivity index (χ3v) is 6.23. The number of hydrogen-bond donors (Lipinski definition) is 2. The summed E-state index contributed by atoms with van der Waals surface area (Å²) in [5, 5.41) is 6.52. The van der Waals surface area contributed by atoms with Crippen LogP contribution in [0.2, 0.25) is 0 Å². The molecule has 7 heteroatoms. The van der Waals surface area contributed by atoms with Crippen LogP contribution in [0.25, 0.3) is 0 Å². The van der Waals surface area contributed by atoms with Crippen molar-refractivity contribution in [3.8, 4) is 5.75 Å². The first-order valence-electron chi connectivity index (χ1n) is 10.8. The minimum absolute atomic E-state index is 0.0565. The van der Waals surface area contributed by atoms with Gasteiger partial charge in [-0.05, 0) is 58.7 Å². The van der Waals surface area contributed by atoms with Gasteiger partial charge in [0.1, 0.15) is 29.2 Å². The van der Waals surface area contributed by atoms with Gasteiger partial charge in [-0.2, -0.15) is 0 Å². The van der Waals surface area contributed by atoms with Gasteiger partial charge >= 0.3 is 0 Å². The van der Waals surface area contributed by atoms with E-state index in [9.17, 15) is 0 Å². The summed E-state index contributed by atoms with van der Waals surface area (Å²) in [6, 6.07) is 8.63. The molecule has 1 atom stereocenters. The maximum Gasteiger partial charge on any atom is 0.232 e. The van der Waals surface area contributed by atoms with E-state index < -0.39 is 0 Å². The van der Waals surface area contributed by atoms with Gasteiger partial charge in [-0.25, -0.2) is 9.97 Å². The van der Waals surface area contributed by atoms with Crippen LogP contribution < -0.4 is 20.8 Å². The van der Waals surface area contributed by atoms with E-state index in [4.69, 9.17) is 15.9 Å². The van der Waals surface area contributed by atoms with Crippen molar-refractivity contribution in [2.24, 2.45) is 0 Å². The lowest BCUT2D eigenvalue weighted by Crippen LogP contribution is -2.54. The summed E-state index contributed by atoms with van der Waals surface area (Å²) in [4.78, 5) is 13.8. The van der Waals surface area contributed by atoms with E-state index >= 15 is 0 Å². The minimum Gasteiger partial charge on any atom is -0.488 e. The summed E-state index contributed by atoms with van der Waals surface area (Å²) in [6.45, 7) is 11.8. The lowest BCUT2D eigenvalue weighted by Gasteiger charge is -2.42. The highest BCUT2D eigenvalue weighted by molar-refractivity contribution is 6.11. The number of anilines is 2. The van der Waals surface area contributed by atoms with Gasteiger partial charge in [0.2, 0.25) is 5.71 Å². The molecule has 0 amide bonds. The largest absolute Gasteiger partial charge is 0.488 e. The van der Waals surface area contributed by atoms with Crippen molar-refractivity contribution < 1.29 is 10.1 Å². The molecule has 0 bridgehead atoms. The first kappa shape index (κ1) is 20.6. The van der Waals surface area contributed by atoms with Crippen molar-refractivity contribution >= 4 is 17.2 Å². The molecule has 2 aliphatic rings. The highest BCUT2D eigenvalue weighted by atomic mass is 16.5. The Kier molecular flexibility index (Phi) is 5.40. The Balaban J connectivity index is 1.54. The number of nitrogens with two attached hydrogens (primary N) is 2. The Morgan fingerprint density at radius 3 is 2.67 bits per heavy atom. The van der Waals surface area contributed by atoms with Crippen LogP contribution in [-0.2, 0) is 0 Å². The topological polar surface area (TPSA) is 93.1 Å². The molecule has 0 unspecified atom stereocenters. The van der Waals surface area contributed by atoms with Crippen molar-refractivity contribution in [1.82, 2.24) is 14.9 Å². The second-order valence-electron chi connectivity index (χ2n) is 9.10. The number of nitrogens with zero attached hydrogens (tertiary/aromatic N) is 4. The van der Waals surface area contributed by atoms with Crippen LogP contribution in [0.15, 0.2) is 30.6 Å². The Morgan fingerprint density at radius 1 is 1.23 bits per heavy atom. The van der Waals surface area contributed by atoms with E-state index in [1.54, 1.807) is 6.33 Å². The van der Waals surface area contributed by atoms with E-state index in [0.29, 0.717) is 29.2 Å². The van der Waals surface area contributed by atoms with Gasteiger partial charge in [-0.1, -0.05) is 0 Å². The van der Waals surface area contributed by atoms with Crippen LogP contribution in [0.4, 0.5) is 11.5 Å². The highest BCUT2D eigenvalue weighted by Crippen LogP contribution is 2.40. The number of benzene rings is 1. The van der Waals surface area contributed by atoms with Crippen molar-refractivity contribution in [2.75, 3.05) is 30.3 Å². The molecule has 1 aromatic carbocycles. The van der Waals surface area contributed by atoms with E-state index in [1.165, 1.54) is 0 Å². The van der Waals surface area contributed by atoms with Gasteiger partial charge in [-0.3, -0.25) is 10.3 Å². The molecular formula is C23H33N6O+. The zero-order valence-corrected chi connectivity index (χ0v) is 18.4. The van der Waals surface area contributed by atoms with Crippen LogP contribution >= 0.6 is 0 Å². The first-order chi connectivity index (χ1) is 14.3. The molecular weight excluding hydrogens is 376 g/mol. The monoisotopic (exact) mass is 409 g/mol. The molecule has 4 rings (SSSR count). The molecule has 1 aliphatic carbocycles. The minimum atomic E-state index is -0.0565. The van der Waals surface area contributed by atoms with Crippen LogP contribution in [0.5, 0.6) is 5.75 Å². The van der Waals surface area contributed by atoms with Gasteiger partial charge in [-0.15, -0.1) is 0 Å². The zero-order chi connectivity index (χ0) is 21.5. The van der Waals surface area contributed by atoms with Crippen molar-refractivity contribution in [1.29, 1.82) is 0 Å². The van der Waals surface area contributed by atoms with Crippen LogP contribution in [0, 0.1) is 0 Å². The number of rotatable bonds is 6. The summed E-state index contributed by atoms with van der Waals surface area (Å²) in [7, 11) is 0. The molecule has 4 N–H and O–H groups in total. The fourth-order valence-electron chi connectivity index (χ4n) is 4.15. The molecule has 1 aromatic heterocycles. The molecule has 1 saturated heterocycles. The predicted molar refractivity (Wildman–Crippen MR) is 120 cm³/mol. The second kappa shape index (κ2) is 7.87. The second-order valence-corrected chi connectivity index (χ2v) is 9.10. The normalized spacial score (nSPS) is 21.0. The maximum atomic E-state index is 6.52. The molecule has 7 nitrogen and oxygen atoms in total. The Bertz CT molecular complexity index is 939. The fraction of sp³-hybridized carbons (Fsp3) is 0.522.